The maximum Gasteiger partial charge on any atom is 0.403 e. The van der Waals surface area contributed by atoms with Crippen molar-refractivity contribution in [2.75, 3.05) is 20.1 Å². The number of hydrogen-bond acceptors (Lipinski definition) is 3. The van der Waals surface area contributed by atoms with Gasteiger partial charge in [-0.05, 0) is 13.8 Å². The van der Waals surface area contributed by atoms with Crippen LogP contribution in [0.3, 0.4) is 0 Å². The largest absolute Gasteiger partial charge is 0.481 e. The van der Waals surface area contributed by atoms with E-state index in [0.29, 0.717) is 6.54 Å². The number of carboxylic acids is 1. The van der Waals surface area contributed by atoms with Gasteiger partial charge in [-0.2, -0.15) is 13.2 Å². The third-order valence-corrected chi connectivity index (χ3v) is 2.54. The highest BCUT2D eigenvalue weighted by Crippen LogP contribution is 2.25. The standard InChI is InChI=1S/C10H17F3N2O3/c1-4-15(3)8(16)6(2)14-5-7(9(17)18)10(11,12)13/h6-7,14H,4-5H2,1-3H3,(H,17,18). The summed E-state index contributed by atoms with van der Waals surface area (Å²) < 4.78 is 37.0. The molecule has 2 N–H and O–H groups in total. The van der Waals surface area contributed by atoms with Crippen molar-refractivity contribution in [1.29, 1.82) is 0 Å². The molecule has 0 aliphatic carbocycles. The van der Waals surface area contributed by atoms with E-state index in [1.54, 1.807) is 6.92 Å². The summed E-state index contributed by atoms with van der Waals surface area (Å²) in [5.74, 6) is -4.86. The van der Waals surface area contributed by atoms with Crippen molar-refractivity contribution in [2.45, 2.75) is 26.1 Å². The van der Waals surface area contributed by atoms with Gasteiger partial charge < -0.3 is 15.3 Å². The summed E-state index contributed by atoms with van der Waals surface area (Å²) in [4.78, 5) is 23.3. The Labute approximate surface area is 103 Å². The topological polar surface area (TPSA) is 69.6 Å². The number of hydrogen-bond donors (Lipinski definition) is 2. The molecule has 0 heterocycles. The van der Waals surface area contributed by atoms with Gasteiger partial charge in [0, 0.05) is 20.1 Å². The van der Waals surface area contributed by atoms with Crippen LogP contribution in [0.5, 0.6) is 0 Å². The zero-order valence-corrected chi connectivity index (χ0v) is 10.4. The number of carbonyl (C=O) groups is 2. The van der Waals surface area contributed by atoms with Crippen LogP contribution >= 0.6 is 0 Å². The minimum absolute atomic E-state index is 0.385. The van der Waals surface area contributed by atoms with E-state index in [1.165, 1.54) is 18.9 Å². The van der Waals surface area contributed by atoms with Gasteiger partial charge in [-0.1, -0.05) is 0 Å². The summed E-state index contributed by atoms with van der Waals surface area (Å²) in [6, 6.07) is -0.862. The molecule has 0 aromatic heterocycles. The summed E-state index contributed by atoms with van der Waals surface area (Å²) in [5, 5.41) is 10.8. The van der Waals surface area contributed by atoms with Crippen LogP contribution in [0.1, 0.15) is 13.8 Å². The van der Waals surface area contributed by atoms with Crippen LogP contribution in [0.25, 0.3) is 0 Å². The molecule has 0 saturated heterocycles. The van der Waals surface area contributed by atoms with Crippen LogP contribution < -0.4 is 5.32 Å². The molecular formula is C10H17F3N2O3. The number of carboxylic acid groups (broad SMARTS) is 1. The summed E-state index contributed by atoms with van der Waals surface area (Å²) >= 11 is 0. The van der Waals surface area contributed by atoms with Gasteiger partial charge >= 0.3 is 12.1 Å². The molecule has 106 valence electrons. The predicted octanol–water partition coefficient (Wildman–Crippen LogP) is 0.706. The lowest BCUT2D eigenvalue weighted by Crippen LogP contribution is -2.47. The first kappa shape index (κ1) is 16.7. The predicted molar refractivity (Wildman–Crippen MR) is 58.0 cm³/mol. The fourth-order valence-corrected chi connectivity index (χ4v) is 1.21. The lowest BCUT2D eigenvalue weighted by molar-refractivity contribution is -0.192. The average Bonchev–Trinajstić information content (AvgIpc) is 2.24. The Morgan fingerprint density at radius 3 is 2.22 bits per heavy atom. The number of aliphatic carboxylic acids is 1. The minimum Gasteiger partial charge on any atom is -0.481 e. The Kier molecular flexibility index (Phi) is 6.10. The van der Waals surface area contributed by atoms with Crippen LogP contribution in [0.2, 0.25) is 0 Å². The molecule has 0 aromatic carbocycles. The summed E-state index contributed by atoms with van der Waals surface area (Å²) in [5.41, 5.74) is 0. The van der Waals surface area contributed by atoms with Gasteiger partial charge in [-0.25, -0.2) is 0 Å². The van der Waals surface area contributed by atoms with Crippen molar-refractivity contribution in [3.63, 3.8) is 0 Å². The van der Waals surface area contributed by atoms with Crippen LogP contribution in [-0.2, 0) is 9.59 Å². The fourth-order valence-electron chi connectivity index (χ4n) is 1.21. The van der Waals surface area contributed by atoms with Crippen LogP contribution in [0, 0.1) is 5.92 Å². The second kappa shape index (κ2) is 6.58. The summed E-state index contributed by atoms with van der Waals surface area (Å²) in [7, 11) is 1.51. The highest BCUT2D eigenvalue weighted by molar-refractivity contribution is 5.81. The van der Waals surface area contributed by atoms with E-state index in [4.69, 9.17) is 5.11 Å². The normalized spacial score (nSPS) is 15.0. The Morgan fingerprint density at radius 1 is 1.39 bits per heavy atom. The SMILES string of the molecule is CCN(C)C(=O)C(C)NCC(C(=O)O)C(F)(F)F. The van der Waals surface area contributed by atoms with E-state index < -0.39 is 30.7 Å². The van der Waals surface area contributed by atoms with E-state index >= 15 is 0 Å². The molecular weight excluding hydrogens is 253 g/mol. The molecule has 0 aliphatic rings. The molecule has 0 fully saturated rings. The third kappa shape index (κ3) is 4.91. The maximum atomic E-state index is 12.3. The van der Waals surface area contributed by atoms with E-state index in [-0.39, 0.29) is 5.91 Å². The number of nitrogens with one attached hydrogen (secondary N) is 1. The highest BCUT2D eigenvalue weighted by Gasteiger charge is 2.45. The third-order valence-electron chi connectivity index (χ3n) is 2.54. The molecule has 5 nitrogen and oxygen atoms in total. The molecule has 8 heteroatoms. The molecule has 2 atom stereocenters. The Hall–Kier alpha value is -1.31. The zero-order valence-electron chi connectivity index (χ0n) is 10.4. The van der Waals surface area contributed by atoms with Gasteiger partial charge in [0.15, 0.2) is 5.92 Å². The molecule has 2 unspecified atom stereocenters. The lowest BCUT2D eigenvalue weighted by atomic mass is 10.1. The molecule has 0 aliphatic heterocycles. The van der Waals surface area contributed by atoms with Gasteiger partial charge in [0.2, 0.25) is 5.91 Å². The van der Waals surface area contributed by atoms with Crippen LogP contribution in [0.4, 0.5) is 13.2 Å². The average molecular weight is 270 g/mol. The monoisotopic (exact) mass is 270 g/mol. The molecule has 0 bridgehead atoms. The number of amides is 1. The fraction of sp³-hybridized carbons (Fsp3) is 0.800. The van der Waals surface area contributed by atoms with Crippen molar-refractivity contribution in [3.05, 3.63) is 0 Å². The molecule has 0 aromatic rings. The van der Waals surface area contributed by atoms with Crippen molar-refractivity contribution in [3.8, 4) is 0 Å². The van der Waals surface area contributed by atoms with Crippen LogP contribution in [-0.4, -0.2) is 54.2 Å². The lowest BCUT2D eigenvalue weighted by Gasteiger charge is -2.23. The minimum atomic E-state index is -4.84. The van der Waals surface area contributed by atoms with Gasteiger partial charge in [-0.3, -0.25) is 9.59 Å². The van der Waals surface area contributed by atoms with E-state index in [0.717, 1.165) is 0 Å². The van der Waals surface area contributed by atoms with E-state index in [1.807, 2.05) is 0 Å². The maximum absolute atomic E-state index is 12.3. The summed E-state index contributed by atoms with van der Waals surface area (Å²) in [6.45, 7) is 2.71. The number of halogens is 3. The second-order valence-electron chi connectivity index (χ2n) is 3.91. The van der Waals surface area contributed by atoms with Crippen molar-refractivity contribution in [1.82, 2.24) is 10.2 Å². The van der Waals surface area contributed by atoms with E-state index in [9.17, 15) is 22.8 Å². The molecule has 0 saturated carbocycles. The number of alkyl halides is 3. The first-order valence-electron chi connectivity index (χ1n) is 5.39. The quantitative estimate of drug-likeness (QED) is 0.745. The van der Waals surface area contributed by atoms with Crippen molar-refractivity contribution in [2.24, 2.45) is 5.92 Å². The number of rotatable bonds is 6. The van der Waals surface area contributed by atoms with E-state index in [2.05, 4.69) is 5.32 Å². The number of nitrogens with zero attached hydrogens (tertiary/aromatic N) is 1. The van der Waals surface area contributed by atoms with Crippen molar-refractivity contribution >= 4 is 11.9 Å². The number of likely N-dealkylation sites (N-methyl/N-ethyl adjacent to an activating group) is 1. The molecule has 0 radical (unpaired) electrons. The first-order chi connectivity index (χ1) is 8.11. The molecule has 0 spiro atoms. The van der Waals surface area contributed by atoms with Gasteiger partial charge in [-0.15, -0.1) is 0 Å². The van der Waals surface area contributed by atoms with Crippen LogP contribution in [0.15, 0.2) is 0 Å². The molecule has 18 heavy (non-hydrogen) atoms. The number of carbonyl (C=O) groups excluding carboxylic acids is 1. The second-order valence-corrected chi connectivity index (χ2v) is 3.91. The Bertz CT molecular complexity index is 307. The smallest absolute Gasteiger partial charge is 0.403 e. The Balaban J connectivity index is 4.46. The first-order valence-corrected chi connectivity index (χ1v) is 5.39. The van der Waals surface area contributed by atoms with Gasteiger partial charge in [0.25, 0.3) is 0 Å². The van der Waals surface area contributed by atoms with Gasteiger partial charge in [0.1, 0.15) is 0 Å². The van der Waals surface area contributed by atoms with Crippen molar-refractivity contribution < 1.29 is 27.9 Å². The Morgan fingerprint density at radius 2 is 1.89 bits per heavy atom. The van der Waals surface area contributed by atoms with Gasteiger partial charge in [0.05, 0.1) is 6.04 Å². The summed E-state index contributed by atoms with van der Waals surface area (Å²) in [6.07, 6.45) is -4.84. The highest BCUT2D eigenvalue weighted by atomic mass is 19.4. The zero-order chi connectivity index (χ0) is 14.5. The molecule has 1 amide bonds. The molecule has 0 rings (SSSR count).